The Kier molecular flexibility index (Phi) is 4.60. The van der Waals surface area contributed by atoms with Crippen LogP contribution < -0.4 is 0 Å². The molecule has 1 aliphatic rings. The molecule has 0 saturated heterocycles. The smallest absolute Gasteiger partial charge is 0.392 e. The van der Waals surface area contributed by atoms with Crippen LogP contribution in [0.3, 0.4) is 0 Å². The molecular formula is C19H19F4NO. The first-order valence-corrected chi connectivity index (χ1v) is 7.99. The highest BCUT2D eigenvalue weighted by atomic mass is 19.4. The molecule has 0 aromatic heterocycles. The molecule has 0 saturated carbocycles. The van der Waals surface area contributed by atoms with E-state index in [0.29, 0.717) is 17.5 Å². The van der Waals surface area contributed by atoms with Crippen LogP contribution >= 0.6 is 0 Å². The molecule has 0 bridgehead atoms. The number of rotatable bonds is 3. The Balaban J connectivity index is 2.18. The summed E-state index contributed by atoms with van der Waals surface area (Å²) in [5.74, 6) is -1.02. The number of aliphatic hydroxyl groups is 1. The van der Waals surface area contributed by atoms with Crippen molar-refractivity contribution in [2.24, 2.45) is 0 Å². The van der Waals surface area contributed by atoms with Gasteiger partial charge < -0.3 is 10.0 Å². The molecule has 0 fully saturated rings. The molecule has 1 unspecified atom stereocenters. The molecule has 2 aromatic rings. The van der Waals surface area contributed by atoms with Crippen molar-refractivity contribution in [3.05, 3.63) is 70.0 Å². The molecule has 0 spiro atoms. The van der Waals surface area contributed by atoms with E-state index in [-0.39, 0.29) is 17.2 Å². The van der Waals surface area contributed by atoms with Crippen LogP contribution in [0.1, 0.15) is 46.2 Å². The van der Waals surface area contributed by atoms with E-state index in [2.05, 4.69) is 0 Å². The minimum Gasteiger partial charge on any atom is -0.392 e. The second-order valence-electron chi connectivity index (χ2n) is 6.58. The van der Waals surface area contributed by atoms with E-state index in [9.17, 15) is 22.7 Å². The minimum absolute atomic E-state index is 0.104. The van der Waals surface area contributed by atoms with Gasteiger partial charge in [-0.25, -0.2) is 4.39 Å². The van der Waals surface area contributed by atoms with Crippen LogP contribution in [0.15, 0.2) is 36.4 Å². The van der Waals surface area contributed by atoms with Gasteiger partial charge in [-0.15, -0.1) is 0 Å². The van der Waals surface area contributed by atoms with Crippen LogP contribution in [0, 0.1) is 5.82 Å². The van der Waals surface area contributed by atoms with Crippen LogP contribution in [0.2, 0.25) is 0 Å². The topological polar surface area (TPSA) is 23.5 Å². The van der Waals surface area contributed by atoms with E-state index in [1.807, 2.05) is 19.0 Å². The lowest BCUT2D eigenvalue weighted by atomic mass is 9.88. The van der Waals surface area contributed by atoms with Crippen LogP contribution in [0.4, 0.5) is 17.6 Å². The van der Waals surface area contributed by atoms with Crippen LogP contribution in [0.5, 0.6) is 0 Å². The molecule has 6 heteroatoms. The normalized spacial score (nSPS) is 20.2. The molecule has 2 aromatic carbocycles. The van der Waals surface area contributed by atoms with Crippen molar-refractivity contribution in [3.63, 3.8) is 0 Å². The highest BCUT2D eigenvalue weighted by Gasteiger charge is 2.40. The van der Waals surface area contributed by atoms with Crippen LogP contribution in [-0.2, 0) is 12.8 Å². The summed E-state index contributed by atoms with van der Waals surface area (Å²) in [7, 11) is 3.65. The molecule has 0 aliphatic heterocycles. The predicted molar refractivity (Wildman–Crippen MR) is 86.7 cm³/mol. The first-order valence-electron chi connectivity index (χ1n) is 7.99. The fraction of sp³-hybridized carbons (Fsp3) is 0.368. The van der Waals surface area contributed by atoms with Crippen molar-refractivity contribution in [1.29, 1.82) is 0 Å². The van der Waals surface area contributed by atoms with Gasteiger partial charge in [-0.1, -0.05) is 18.2 Å². The highest BCUT2D eigenvalue weighted by Crippen LogP contribution is 2.49. The second kappa shape index (κ2) is 6.42. The fourth-order valence-corrected chi connectivity index (χ4v) is 3.68. The Morgan fingerprint density at radius 2 is 1.76 bits per heavy atom. The molecule has 0 radical (unpaired) electrons. The summed E-state index contributed by atoms with van der Waals surface area (Å²) in [5, 5.41) is 9.34. The Bertz CT molecular complexity index is 785. The third-order valence-corrected chi connectivity index (χ3v) is 4.88. The van der Waals surface area contributed by atoms with Gasteiger partial charge in [0.25, 0.3) is 0 Å². The quantitative estimate of drug-likeness (QED) is 0.823. The van der Waals surface area contributed by atoms with E-state index in [0.717, 1.165) is 6.07 Å². The fourth-order valence-electron chi connectivity index (χ4n) is 3.68. The Morgan fingerprint density at radius 1 is 1.08 bits per heavy atom. The van der Waals surface area contributed by atoms with E-state index < -0.39 is 30.1 Å². The molecule has 3 rings (SSSR count). The van der Waals surface area contributed by atoms with Crippen molar-refractivity contribution < 1.29 is 22.7 Å². The highest BCUT2D eigenvalue weighted by molar-refractivity contribution is 5.49. The van der Waals surface area contributed by atoms with E-state index in [1.165, 1.54) is 24.3 Å². The first kappa shape index (κ1) is 17.9. The molecule has 2 nitrogen and oxygen atoms in total. The lowest BCUT2D eigenvalue weighted by molar-refractivity contribution is -0.138. The number of aliphatic hydroxyl groups excluding tert-OH is 1. The summed E-state index contributed by atoms with van der Waals surface area (Å²) in [6.45, 7) is -0.487. The average Bonchev–Trinajstić information content (AvgIpc) is 2.91. The second-order valence-corrected chi connectivity index (χ2v) is 6.58. The number of nitrogens with zero attached hydrogens (tertiary/aromatic N) is 1. The molecule has 1 aliphatic carbocycles. The zero-order valence-corrected chi connectivity index (χ0v) is 13.9. The van der Waals surface area contributed by atoms with Crippen LogP contribution in [-0.4, -0.2) is 24.1 Å². The summed E-state index contributed by atoms with van der Waals surface area (Å²) in [5.41, 5.74) is 0.964. The molecule has 0 amide bonds. The van der Waals surface area contributed by atoms with E-state index >= 15 is 0 Å². The maximum Gasteiger partial charge on any atom is 0.416 e. The predicted octanol–water partition coefficient (Wildman–Crippen LogP) is 4.48. The number of hydrogen-bond donors (Lipinski definition) is 1. The van der Waals surface area contributed by atoms with Gasteiger partial charge >= 0.3 is 6.18 Å². The summed E-state index contributed by atoms with van der Waals surface area (Å²) in [6.07, 6.45) is -4.02. The zero-order valence-electron chi connectivity index (χ0n) is 13.9. The van der Waals surface area contributed by atoms with Gasteiger partial charge in [0.1, 0.15) is 5.82 Å². The number of halogens is 4. The van der Waals surface area contributed by atoms with Gasteiger partial charge in [0.05, 0.1) is 12.2 Å². The zero-order chi connectivity index (χ0) is 18.4. The SMILES string of the molecule is CN(C)C1C[C@H](c2ccccc2C(F)(F)F)c2cc(CO)c(F)cc21. The third-order valence-electron chi connectivity index (χ3n) is 4.88. The third kappa shape index (κ3) is 3.16. The van der Waals surface area contributed by atoms with E-state index in [1.54, 1.807) is 6.07 Å². The average molecular weight is 353 g/mol. The number of benzene rings is 2. The standard InChI is InChI=1S/C19H19F4NO/c1-24(2)18-9-14(12-5-3-4-6-16(12)19(21,22)23)13-7-11(10-25)17(20)8-15(13)18/h3-8,14,18,25H,9-10H2,1-2H3/t14-,18?/m1/s1. The number of fused-ring (bicyclic) bond motifs is 1. The van der Waals surface area contributed by atoms with Crippen molar-refractivity contribution in [2.45, 2.75) is 31.2 Å². The molecule has 0 heterocycles. The van der Waals surface area contributed by atoms with Gasteiger partial charge in [0.15, 0.2) is 0 Å². The van der Waals surface area contributed by atoms with Crippen molar-refractivity contribution in [2.75, 3.05) is 14.1 Å². The van der Waals surface area contributed by atoms with Crippen molar-refractivity contribution >= 4 is 0 Å². The minimum atomic E-state index is -4.45. The summed E-state index contributed by atoms with van der Waals surface area (Å²) in [4.78, 5) is 1.88. The summed E-state index contributed by atoms with van der Waals surface area (Å²) < 4.78 is 54.4. The first-order chi connectivity index (χ1) is 11.7. The molecule has 1 N–H and O–H groups in total. The van der Waals surface area contributed by atoms with Crippen molar-refractivity contribution in [1.82, 2.24) is 4.90 Å². The van der Waals surface area contributed by atoms with Gasteiger partial charge in [0.2, 0.25) is 0 Å². The van der Waals surface area contributed by atoms with Crippen LogP contribution in [0.25, 0.3) is 0 Å². The molecule has 2 atom stereocenters. The molecule has 134 valence electrons. The van der Waals surface area contributed by atoms with Gasteiger partial charge in [0, 0.05) is 17.5 Å². The molecular weight excluding hydrogens is 334 g/mol. The lowest BCUT2D eigenvalue weighted by Crippen LogP contribution is -2.18. The number of hydrogen-bond acceptors (Lipinski definition) is 2. The number of alkyl halides is 3. The lowest BCUT2D eigenvalue weighted by Gasteiger charge is -2.21. The van der Waals surface area contributed by atoms with Gasteiger partial charge in [-0.2, -0.15) is 13.2 Å². The van der Waals surface area contributed by atoms with Gasteiger partial charge in [-0.05, 0) is 55.4 Å². The summed E-state index contributed by atoms with van der Waals surface area (Å²) >= 11 is 0. The maximum absolute atomic E-state index is 14.1. The molecule has 25 heavy (non-hydrogen) atoms. The Morgan fingerprint density at radius 3 is 2.36 bits per heavy atom. The van der Waals surface area contributed by atoms with E-state index in [4.69, 9.17) is 0 Å². The Labute approximate surface area is 143 Å². The van der Waals surface area contributed by atoms with Crippen molar-refractivity contribution in [3.8, 4) is 0 Å². The van der Waals surface area contributed by atoms with Gasteiger partial charge in [-0.3, -0.25) is 0 Å². The summed E-state index contributed by atoms with van der Waals surface area (Å²) in [6, 6.07) is 8.20. The maximum atomic E-state index is 14.1. The largest absolute Gasteiger partial charge is 0.416 e. The Hall–Kier alpha value is -1.92. The monoisotopic (exact) mass is 353 g/mol.